The number of nitrogens with zero attached hydrogens (tertiary/aromatic N) is 2. The molecule has 1 heterocycles. The molecule has 0 amide bonds. The molecule has 0 unspecified atom stereocenters. The maximum atomic E-state index is 13.3. The summed E-state index contributed by atoms with van der Waals surface area (Å²) in [6.07, 6.45) is 1.25. The first-order valence-corrected chi connectivity index (χ1v) is 5.66. The predicted molar refractivity (Wildman–Crippen MR) is 67.4 cm³/mol. The molecule has 2 aromatic rings. The summed E-state index contributed by atoms with van der Waals surface area (Å²) in [6, 6.07) is 4.93. The Bertz CT molecular complexity index is 629. The molecule has 19 heavy (non-hydrogen) atoms. The van der Waals surface area contributed by atoms with Gasteiger partial charge in [-0.25, -0.2) is 4.98 Å². The third-order valence-corrected chi connectivity index (χ3v) is 2.69. The van der Waals surface area contributed by atoms with Gasteiger partial charge in [-0.2, -0.15) is 4.39 Å². The molecule has 2 rings (SSSR count). The normalized spacial score (nSPS) is 10.3. The number of aromatic nitrogens is 1. The van der Waals surface area contributed by atoms with E-state index in [2.05, 4.69) is 4.98 Å². The van der Waals surface area contributed by atoms with Gasteiger partial charge in [0.05, 0.1) is 15.0 Å². The van der Waals surface area contributed by atoms with E-state index >= 15 is 0 Å². The topological polar surface area (TPSA) is 65.3 Å². The van der Waals surface area contributed by atoms with Crippen molar-refractivity contribution in [2.45, 2.75) is 0 Å². The Morgan fingerprint density at radius 3 is 2.47 bits per heavy atom. The lowest BCUT2D eigenvalue weighted by molar-refractivity contribution is -0.384. The van der Waals surface area contributed by atoms with Gasteiger partial charge in [0.1, 0.15) is 0 Å². The Balaban J connectivity index is 2.42. The quantitative estimate of drug-likeness (QED) is 0.483. The largest absolute Gasteiger partial charge is 0.449 e. The van der Waals surface area contributed by atoms with Gasteiger partial charge in [0, 0.05) is 18.3 Å². The Morgan fingerprint density at radius 2 is 1.95 bits per heavy atom. The fourth-order valence-electron chi connectivity index (χ4n) is 1.31. The number of halogens is 3. The average Bonchev–Trinajstić information content (AvgIpc) is 2.35. The summed E-state index contributed by atoms with van der Waals surface area (Å²) in [4.78, 5) is 13.4. The van der Waals surface area contributed by atoms with Crippen molar-refractivity contribution < 1.29 is 14.1 Å². The fourth-order valence-corrected chi connectivity index (χ4v) is 1.86. The van der Waals surface area contributed by atoms with Crippen molar-refractivity contribution in [1.82, 2.24) is 4.98 Å². The monoisotopic (exact) mass is 302 g/mol. The van der Waals surface area contributed by atoms with Crippen LogP contribution >= 0.6 is 23.2 Å². The number of benzene rings is 1. The molecule has 0 aliphatic rings. The molecule has 98 valence electrons. The second-order valence-corrected chi connectivity index (χ2v) is 4.20. The second-order valence-electron chi connectivity index (χ2n) is 3.39. The van der Waals surface area contributed by atoms with Crippen LogP contribution in [0, 0.1) is 16.1 Å². The minimum atomic E-state index is -0.840. The molecule has 0 saturated carbocycles. The molecule has 1 aromatic heterocycles. The number of non-ortho nitro benzene ring substituents is 1. The average molecular weight is 303 g/mol. The minimum Gasteiger partial charge on any atom is -0.449 e. The number of pyridine rings is 1. The third-order valence-electron chi connectivity index (χ3n) is 2.13. The summed E-state index contributed by atoms with van der Waals surface area (Å²) in [5, 5.41) is 10.4. The van der Waals surface area contributed by atoms with Crippen molar-refractivity contribution >= 4 is 28.9 Å². The molecular formula is C11H5Cl2FN2O3. The van der Waals surface area contributed by atoms with Gasteiger partial charge in [-0.15, -0.1) is 0 Å². The maximum Gasteiger partial charge on any atom is 0.272 e. The molecule has 5 nitrogen and oxygen atoms in total. The summed E-state index contributed by atoms with van der Waals surface area (Å²) in [5.41, 5.74) is -0.283. The van der Waals surface area contributed by atoms with Crippen LogP contribution in [0.3, 0.4) is 0 Å². The van der Waals surface area contributed by atoms with E-state index in [4.69, 9.17) is 27.9 Å². The molecule has 8 heteroatoms. The fraction of sp³-hybridized carbons (Fsp3) is 0. The number of ether oxygens (including phenoxy) is 1. The zero-order chi connectivity index (χ0) is 14.0. The molecule has 0 N–H and O–H groups in total. The van der Waals surface area contributed by atoms with Crippen LogP contribution in [-0.4, -0.2) is 9.91 Å². The third kappa shape index (κ3) is 2.91. The van der Waals surface area contributed by atoms with Crippen molar-refractivity contribution in [3.8, 4) is 11.5 Å². The van der Waals surface area contributed by atoms with E-state index in [1.165, 1.54) is 18.3 Å². The number of nitro benzene ring substituents is 1. The first kappa shape index (κ1) is 13.5. The van der Waals surface area contributed by atoms with E-state index in [9.17, 15) is 14.5 Å². The molecule has 0 bridgehead atoms. The molecule has 0 saturated heterocycles. The van der Waals surface area contributed by atoms with Crippen molar-refractivity contribution in [3.05, 3.63) is 56.6 Å². The van der Waals surface area contributed by atoms with E-state index in [1.807, 2.05) is 0 Å². The van der Waals surface area contributed by atoms with Crippen molar-refractivity contribution in [1.29, 1.82) is 0 Å². The highest BCUT2D eigenvalue weighted by Gasteiger charge is 2.17. The van der Waals surface area contributed by atoms with Crippen LogP contribution in [0.15, 0.2) is 30.5 Å². The van der Waals surface area contributed by atoms with Crippen LogP contribution in [0.2, 0.25) is 10.0 Å². The Kier molecular flexibility index (Phi) is 3.82. The molecular weight excluding hydrogens is 298 g/mol. The van der Waals surface area contributed by atoms with Gasteiger partial charge in [0.2, 0.25) is 0 Å². The highest BCUT2D eigenvalue weighted by atomic mass is 35.5. The van der Waals surface area contributed by atoms with Crippen LogP contribution in [0.25, 0.3) is 0 Å². The van der Waals surface area contributed by atoms with Gasteiger partial charge in [-0.3, -0.25) is 10.1 Å². The number of nitro groups is 1. The van der Waals surface area contributed by atoms with Crippen LogP contribution < -0.4 is 4.74 Å². The lowest BCUT2D eigenvalue weighted by Crippen LogP contribution is -1.94. The van der Waals surface area contributed by atoms with E-state index < -0.39 is 10.9 Å². The number of hydrogen-bond donors (Lipinski definition) is 0. The standard InChI is InChI=1S/C11H5Cl2FN2O3/c12-7-4-6(16(17)18)5-8(13)10(7)19-9-2-1-3-15-11(9)14/h1-5H. The molecule has 0 spiro atoms. The second kappa shape index (κ2) is 5.38. The van der Waals surface area contributed by atoms with Crippen LogP contribution in [0.5, 0.6) is 11.5 Å². The lowest BCUT2D eigenvalue weighted by atomic mass is 10.3. The van der Waals surface area contributed by atoms with E-state index in [0.29, 0.717) is 0 Å². The van der Waals surface area contributed by atoms with Crippen molar-refractivity contribution in [3.63, 3.8) is 0 Å². The predicted octanol–water partition coefficient (Wildman–Crippen LogP) is 4.23. The first-order valence-electron chi connectivity index (χ1n) is 4.91. The Hall–Kier alpha value is -1.92. The first-order chi connectivity index (χ1) is 8.99. The Labute approximate surface area is 116 Å². The van der Waals surface area contributed by atoms with Gasteiger partial charge in [-0.05, 0) is 12.1 Å². The Morgan fingerprint density at radius 1 is 1.32 bits per heavy atom. The van der Waals surface area contributed by atoms with Gasteiger partial charge >= 0.3 is 0 Å². The molecule has 0 fully saturated rings. The minimum absolute atomic E-state index is 0.0687. The molecule has 0 radical (unpaired) electrons. The van der Waals surface area contributed by atoms with Gasteiger partial charge < -0.3 is 4.74 Å². The van der Waals surface area contributed by atoms with Gasteiger partial charge in [0.15, 0.2) is 11.5 Å². The summed E-state index contributed by atoms with van der Waals surface area (Å²) in [6.45, 7) is 0. The summed E-state index contributed by atoms with van der Waals surface area (Å²) < 4.78 is 18.5. The number of rotatable bonds is 3. The number of hydrogen-bond acceptors (Lipinski definition) is 4. The summed E-state index contributed by atoms with van der Waals surface area (Å²) in [7, 11) is 0. The molecule has 1 aromatic carbocycles. The van der Waals surface area contributed by atoms with Crippen molar-refractivity contribution in [2.75, 3.05) is 0 Å². The molecule has 0 aliphatic heterocycles. The summed E-state index contributed by atoms with van der Waals surface area (Å²) >= 11 is 11.6. The lowest BCUT2D eigenvalue weighted by Gasteiger charge is -2.09. The van der Waals surface area contributed by atoms with Crippen LogP contribution in [0.4, 0.5) is 10.1 Å². The zero-order valence-corrected chi connectivity index (χ0v) is 10.7. The van der Waals surface area contributed by atoms with E-state index in [0.717, 1.165) is 12.1 Å². The summed E-state index contributed by atoms with van der Waals surface area (Å²) in [5.74, 6) is -1.09. The maximum absolute atomic E-state index is 13.3. The van der Waals surface area contributed by atoms with Crippen molar-refractivity contribution in [2.24, 2.45) is 0 Å². The van der Waals surface area contributed by atoms with E-state index in [-0.39, 0.29) is 27.2 Å². The SMILES string of the molecule is O=[N+]([O-])c1cc(Cl)c(Oc2cccnc2F)c(Cl)c1. The smallest absolute Gasteiger partial charge is 0.272 e. The van der Waals surface area contributed by atoms with E-state index in [1.54, 1.807) is 0 Å². The van der Waals surface area contributed by atoms with Crippen LogP contribution in [-0.2, 0) is 0 Å². The highest BCUT2D eigenvalue weighted by Crippen LogP contribution is 2.39. The highest BCUT2D eigenvalue weighted by molar-refractivity contribution is 6.37. The van der Waals surface area contributed by atoms with Crippen LogP contribution in [0.1, 0.15) is 0 Å². The molecule has 0 atom stereocenters. The van der Waals surface area contributed by atoms with Gasteiger partial charge in [0.25, 0.3) is 11.6 Å². The zero-order valence-electron chi connectivity index (χ0n) is 9.14. The molecule has 0 aliphatic carbocycles. The van der Waals surface area contributed by atoms with Gasteiger partial charge in [-0.1, -0.05) is 23.2 Å².